The van der Waals surface area contributed by atoms with Gasteiger partial charge in [-0.2, -0.15) is 8.78 Å². The van der Waals surface area contributed by atoms with Crippen LogP contribution in [0.15, 0.2) is 72.8 Å². The number of hydrogen-bond acceptors (Lipinski definition) is 3. The molecule has 0 saturated carbocycles. The molecular weight excluding hydrogens is 589 g/mol. The SMILES string of the molecule is CCCCCC1COC(c2cc(F)c(C(F)(F)Oc3ccc(-c4ccc(-c5ccc(F)cc5)c(F)c4)c(F)c3)c(F)c2)OC1. The largest absolute Gasteiger partial charge is 0.432 e. The Morgan fingerprint density at radius 1 is 0.705 bits per heavy atom. The smallest absolute Gasteiger partial charge is 0.429 e. The van der Waals surface area contributed by atoms with E-state index in [9.17, 15) is 22.0 Å². The van der Waals surface area contributed by atoms with E-state index in [-0.39, 0.29) is 28.2 Å². The summed E-state index contributed by atoms with van der Waals surface area (Å²) in [6.45, 7) is 2.71. The average molecular weight is 619 g/mol. The van der Waals surface area contributed by atoms with Crippen molar-refractivity contribution in [3.05, 3.63) is 113 Å². The molecule has 4 aromatic rings. The van der Waals surface area contributed by atoms with Crippen molar-refractivity contribution < 1.29 is 44.9 Å². The fourth-order valence-electron chi connectivity index (χ4n) is 5.13. The Kier molecular flexibility index (Phi) is 9.60. The van der Waals surface area contributed by atoms with Gasteiger partial charge in [-0.05, 0) is 60.0 Å². The lowest BCUT2D eigenvalue weighted by Gasteiger charge is -2.30. The van der Waals surface area contributed by atoms with E-state index in [0.717, 1.165) is 43.9 Å². The molecule has 0 amide bonds. The molecule has 0 atom stereocenters. The molecule has 1 fully saturated rings. The van der Waals surface area contributed by atoms with E-state index < -0.39 is 52.8 Å². The molecule has 4 aromatic carbocycles. The van der Waals surface area contributed by atoms with Crippen LogP contribution in [0.25, 0.3) is 22.3 Å². The maximum atomic E-state index is 15.0. The van der Waals surface area contributed by atoms with Crippen LogP contribution in [0.4, 0.5) is 30.7 Å². The van der Waals surface area contributed by atoms with E-state index in [1.807, 2.05) is 0 Å². The monoisotopic (exact) mass is 618 g/mol. The molecule has 0 bridgehead atoms. The fourth-order valence-corrected chi connectivity index (χ4v) is 5.13. The maximum absolute atomic E-state index is 15.0. The van der Waals surface area contributed by atoms with Crippen LogP contribution in [0.5, 0.6) is 5.75 Å². The summed E-state index contributed by atoms with van der Waals surface area (Å²) in [7, 11) is 0. The second kappa shape index (κ2) is 13.4. The highest BCUT2D eigenvalue weighted by atomic mass is 19.3. The predicted octanol–water partition coefficient (Wildman–Crippen LogP) is 10.1. The molecule has 0 aliphatic carbocycles. The Hall–Kier alpha value is -3.89. The fraction of sp³-hybridized carbons (Fsp3) is 0.294. The number of hydrogen-bond donors (Lipinski definition) is 0. The lowest BCUT2D eigenvalue weighted by Crippen LogP contribution is -2.28. The summed E-state index contributed by atoms with van der Waals surface area (Å²) in [4.78, 5) is 0. The molecule has 232 valence electrons. The molecule has 1 heterocycles. The highest BCUT2D eigenvalue weighted by Gasteiger charge is 2.42. The minimum absolute atomic E-state index is 0.0938. The molecule has 0 N–H and O–H groups in total. The second-order valence-corrected chi connectivity index (χ2v) is 10.7. The molecule has 10 heteroatoms. The van der Waals surface area contributed by atoms with E-state index >= 15 is 8.78 Å². The van der Waals surface area contributed by atoms with Crippen LogP contribution in [0.3, 0.4) is 0 Å². The average Bonchev–Trinajstić information content (AvgIpc) is 2.97. The summed E-state index contributed by atoms with van der Waals surface area (Å²) in [6, 6.07) is 13.0. The number of halogens is 7. The minimum atomic E-state index is -4.51. The predicted molar refractivity (Wildman–Crippen MR) is 150 cm³/mol. The Balaban J connectivity index is 1.29. The molecule has 5 rings (SSSR count). The van der Waals surface area contributed by atoms with Crippen molar-refractivity contribution in [1.29, 1.82) is 0 Å². The van der Waals surface area contributed by atoms with Crippen LogP contribution in [-0.2, 0) is 15.6 Å². The van der Waals surface area contributed by atoms with Crippen LogP contribution in [0.2, 0.25) is 0 Å². The van der Waals surface area contributed by atoms with E-state index in [0.29, 0.717) is 37.0 Å². The first-order valence-corrected chi connectivity index (χ1v) is 14.2. The van der Waals surface area contributed by atoms with Gasteiger partial charge in [0.1, 0.15) is 40.4 Å². The van der Waals surface area contributed by atoms with Gasteiger partial charge in [-0.15, -0.1) is 0 Å². The van der Waals surface area contributed by atoms with Crippen molar-refractivity contribution in [3.63, 3.8) is 0 Å². The normalized spacial score (nSPS) is 17.1. The van der Waals surface area contributed by atoms with Crippen LogP contribution < -0.4 is 4.74 Å². The molecule has 0 aromatic heterocycles. The number of rotatable bonds is 10. The van der Waals surface area contributed by atoms with E-state index in [2.05, 4.69) is 11.7 Å². The van der Waals surface area contributed by atoms with Crippen molar-refractivity contribution >= 4 is 0 Å². The van der Waals surface area contributed by atoms with Crippen molar-refractivity contribution in [2.75, 3.05) is 13.2 Å². The van der Waals surface area contributed by atoms with Crippen LogP contribution in [0, 0.1) is 35.0 Å². The Morgan fingerprint density at radius 3 is 1.91 bits per heavy atom. The first-order valence-electron chi connectivity index (χ1n) is 14.2. The zero-order valence-corrected chi connectivity index (χ0v) is 23.7. The molecule has 0 unspecified atom stereocenters. The standard InChI is InChI=1S/C34H29F7O3/c1-2-3-4-5-20-18-42-33(43-19-20)23-15-30(38)32(31(39)16-23)34(40,41)44-25-11-13-27(29(37)17-25)22-8-12-26(28(36)14-22)21-6-9-24(35)10-7-21/h6-17,20,33H,2-5,18-19H2,1H3. The topological polar surface area (TPSA) is 27.7 Å². The summed E-state index contributed by atoms with van der Waals surface area (Å²) in [5.41, 5.74) is -1.24. The van der Waals surface area contributed by atoms with Gasteiger partial charge in [-0.3, -0.25) is 0 Å². The summed E-state index contributed by atoms with van der Waals surface area (Å²) >= 11 is 0. The van der Waals surface area contributed by atoms with Crippen molar-refractivity contribution in [2.24, 2.45) is 5.92 Å². The molecule has 3 nitrogen and oxygen atoms in total. The molecule has 0 radical (unpaired) electrons. The van der Waals surface area contributed by atoms with Gasteiger partial charge in [0.05, 0.1) is 13.2 Å². The third-order valence-electron chi connectivity index (χ3n) is 7.43. The lowest BCUT2D eigenvalue weighted by atomic mass is 9.99. The maximum Gasteiger partial charge on any atom is 0.432 e. The minimum Gasteiger partial charge on any atom is -0.429 e. The van der Waals surface area contributed by atoms with Crippen molar-refractivity contribution in [2.45, 2.75) is 45.0 Å². The summed E-state index contributed by atoms with van der Waals surface area (Å²) in [5, 5.41) is 0. The van der Waals surface area contributed by atoms with Gasteiger partial charge in [0.15, 0.2) is 6.29 Å². The zero-order chi connectivity index (χ0) is 31.4. The van der Waals surface area contributed by atoms with Gasteiger partial charge in [0.2, 0.25) is 0 Å². The number of unbranched alkanes of at least 4 members (excludes halogenated alkanes) is 2. The first kappa shape index (κ1) is 31.5. The lowest BCUT2D eigenvalue weighted by molar-refractivity contribution is -0.206. The van der Waals surface area contributed by atoms with Gasteiger partial charge < -0.3 is 14.2 Å². The van der Waals surface area contributed by atoms with Gasteiger partial charge in [-0.1, -0.05) is 50.5 Å². The van der Waals surface area contributed by atoms with Gasteiger partial charge >= 0.3 is 6.11 Å². The Labute approximate surface area is 250 Å². The van der Waals surface area contributed by atoms with Crippen LogP contribution >= 0.6 is 0 Å². The summed E-state index contributed by atoms with van der Waals surface area (Å²) in [5.74, 6) is -5.99. The number of alkyl halides is 2. The van der Waals surface area contributed by atoms with Crippen molar-refractivity contribution in [1.82, 2.24) is 0 Å². The van der Waals surface area contributed by atoms with Crippen LogP contribution in [-0.4, -0.2) is 13.2 Å². The highest BCUT2D eigenvalue weighted by Crippen LogP contribution is 2.39. The van der Waals surface area contributed by atoms with Crippen LogP contribution in [0.1, 0.15) is 50.0 Å². The highest BCUT2D eigenvalue weighted by molar-refractivity contribution is 5.71. The molecule has 1 aliphatic heterocycles. The number of ether oxygens (including phenoxy) is 3. The molecule has 1 saturated heterocycles. The van der Waals surface area contributed by atoms with Gasteiger partial charge in [0, 0.05) is 28.7 Å². The second-order valence-electron chi connectivity index (χ2n) is 10.7. The van der Waals surface area contributed by atoms with Gasteiger partial charge in [0.25, 0.3) is 0 Å². The zero-order valence-electron chi connectivity index (χ0n) is 23.7. The summed E-state index contributed by atoms with van der Waals surface area (Å²) < 4.78 is 119. The summed E-state index contributed by atoms with van der Waals surface area (Å²) in [6.07, 6.45) is -1.61. The van der Waals surface area contributed by atoms with E-state index in [1.165, 1.54) is 36.4 Å². The van der Waals surface area contributed by atoms with Crippen molar-refractivity contribution in [3.8, 4) is 28.0 Å². The molecule has 44 heavy (non-hydrogen) atoms. The third kappa shape index (κ3) is 7.08. The first-order chi connectivity index (χ1) is 21.1. The van der Waals surface area contributed by atoms with E-state index in [1.54, 1.807) is 0 Å². The quantitative estimate of drug-likeness (QED) is 0.131. The molecule has 0 spiro atoms. The molecular formula is C34H29F7O3. The van der Waals surface area contributed by atoms with Gasteiger partial charge in [-0.25, -0.2) is 22.0 Å². The Bertz CT molecular complexity index is 1580. The van der Waals surface area contributed by atoms with E-state index in [4.69, 9.17) is 9.47 Å². The third-order valence-corrected chi connectivity index (χ3v) is 7.43. The molecule has 1 aliphatic rings. The Morgan fingerprint density at radius 2 is 1.30 bits per heavy atom. The number of benzene rings is 4.